The van der Waals surface area contributed by atoms with Gasteiger partial charge in [0.05, 0.1) is 11.0 Å². The van der Waals surface area contributed by atoms with Gasteiger partial charge in [0.25, 0.3) is 0 Å². The molecule has 4 heteroatoms. The molecule has 0 N–H and O–H groups in total. The molecule has 9 aromatic rings. The highest BCUT2D eigenvalue weighted by molar-refractivity contribution is 6.13. The molecule has 7 aromatic carbocycles. The van der Waals surface area contributed by atoms with Gasteiger partial charge in [-0.3, -0.25) is 4.57 Å². The van der Waals surface area contributed by atoms with Crippen molar-refractivity contribution in [3.63, 3.8) is 0 Å². The van der Waals surface area contributed by atoms with Crippen LogP contribution in [-0.2, 0) is 0 Å². The fourth-order valence-corrected chi connectivity index (χ4v) is 6.42. The average molecular weight is 549 g/mol. The van der Waals surface area contributed by atoms with Crippen LogP contribution in [0.1, 0.15) is 0 Å². The Morgan fingerprint density at radius 2 is 0.837 bits per heavy atom. The Morgan fingerprint density at radius 1 is 0.349 bits per heavy atom. The van der Waals surface area contributed by atoms with E-state index in [1.54, 1.807) is 0 Å². The van der Waals surface area contributed by atoms with Crippen LogP contribution in [0, 0.1) is 0 Å². The van der Waals surface area contributed by atoms with E-state index in [-0.39, 0.29) is 0 Å². The van der Waals surface area contributed by atoms with Gasteiger partial charge in [-0.2, -0.15) is 9.97 Å². The number of hydrogen-bond acceptors (Lipinski definition) is 3. The van der Waals surface area contributed by atoms with E-state index in [1.807, 2.05) is 0 Å². The molecule has 2 heterocycles. The average Bonchev–Trinajstić information content (AvgIpc) is 3.39. The predicted molar refractivity (Wildman–Crippen MR) is 178 cm³/mol. The van der Waals surface area contributed by atoms with Gasteiger partial charge < -0.3 is 0 Å². The normalized spacial score (nSPS) is 11.7. The van der Waals surface area contributed by atoms with Crippen molar-refractivity contribution in [3.8, 4) is 28.7 Å². The minimum atomic E-state index is 0.599. The molecular weight excluding hydrogens is 524 g/mol. The Balaban J connectivity index is 1.41. The largest absolute Gasteiger partial charge is 0.278 e. The fraction of sp³-hybridized carbons (Fsp3) is 0. The van der Waals surface area contributed by atoms with Gasteiger partial charge in [0.15, 0.2) is 11.6 Å². The van der Waals surface area contributed by atoms with Gasteiger partial charge in [0.2, 0.25) is 5.95 Å². The van der Waals surface area contributed by atoms with Crippen LogP contribution in [0.3, 0.4) is 0 Å². The van der Waals surface area contributed by atoms with E-state index in [1.165, 1.54) is 21.5 Å². The van der Waals surface area contributed by atoms with Crippen LogP contribution in [0.25, 0.3) is 82.8 Å². The lowest BCUT2D eigenvalue weighted by molar-refractivity contribution is 0.955. The first kappa shape index (κ1) is 23.8. The Kier molecular flexibility index (Phi) is 5.16. The van der Waals surface area contributed by atoms with E-state index < -0.39 is 0 Å². The first-order valence-corrected chi connectivity index (χ1v) is 14.5. The molecule has 0 saturated heterocycles. The summed E-state index contributed by atoms with van der Waals surface area (Å²) in [6.45, 7) is 0. The van der Waals surface area contributed by atoms with Crippen molar-refractivity contribution in [1.82, 2.24) is 19.5 Å². The van der Waals surface area contributed by atoms with Crippen LogP contribution in [0.15, 0.2) is 146 Å². The van der Waals surface area contributed by atoms with E-state index in [0.29, 0.717) is 17.6 Å². The van der Waals surface area contributed by atoms with E-state index in [2.05, 4.69) is 150 Å². The third-order valence-electron chi connectivity index (χ3n) is 8.42. The maximum absolute atomic E-state index is 5.22. The van der Waals surface area contributed by atoms with Gasteiger partial charge >= 0.3 is 0 Å². The van der Waals surface area contributed by atoms with Crippen LogP contribution >= 0.6 is 0 Å². The fourth-order valence-electron chi connectivity index (χ4n) is 6.42. The zero-order chi connectivity index (χ0) is 28.3. The molecular formula is C39H24N4. The van der Waals surface area contributed by atoms with Crippen molar-refractivity contribution in [2.75, 3.05) is 0 Å². The zero-order valence-electron chi connectivity index (χ0n) is 23.1. The number of hydrogen-bond donors (Lipinski definition) is 0. The summed E-state index contributed by atoms with van der Waals surface area (Å²) in [5.41, 5.74) is 4.09. The number of fused-ring (bicyclic) bond motifs is 6. The highest BCUT2D eigenvalue weighted by atomic mass is 15.2. The molecule has 0 amide bonds. The zero-order valence-corrected chi connectivity index (χ0v) is 23.1. The lowest BCUT2D eigenvalue weighted by atomic mass is 10.0. The Bertz CT molecular complexity index is 2420. The van der Waals surface area contributed by atoms with Crippen molar-refractivity contribution < 1.29 is 0 Å². The van der Waals surface area contributed by atoms with E-state index in [4.69, 9.17) is 15.0 Å². The third-order valence-corrected chi connectivity index (χ3v) is 8.42. The Morgan fingerprint density at radius 3 is 1.47 bits per heavy atom. The molecule has 9 rings (SSSR count). The Labute approximate surface area is 247 Å². The molecule has 0 saturated carbocycles. The maximum Gasteiger partial charge on any atom is 0.238 e. The molecule has 0 aliphatic carbocycles. The monoisotopic (exact) mass is 548 g/mol. The van der Waals surface area contributed by atoms with Crippen molar-refractivity contribution in [1.29, 1.82) is 0 Å². The lowest BCUT2D eigenvalue weighted by Gasteiger charge is -2.13. The molecule has 0 aliphatic rings. The summed E-state index contributed by atoms with van der Waals surface area (Å²) in [6.07, 6.45) is 0. The van der Waals surface area contributed by atoms with Gasteiger partial charge in [-0.15, -0.1) is 0 Å². The quantitative estimate of drug-likeness (QED) is 0.221. The van der Waals surface area contributed by atoms with Crippen LogP contribution in [-0.4, -0.2) is 19.5 Å². The smallest absolute Gasteiger partial charge is 0.238 e. The minimum absolute atomic E-state index is 0.599. The molecule has 0 aliphatic heterocycles. The lowest BCUT2D eigenvalue weighted by Crippen LogP contribution is -2.06. The summed E-state index contributed by atoms with van der Waals surface area (Å²) in [6, 6.07) is 51.0. The SMILES string of the molecule is c1ccc2cc3c(cc2c1)c1ccccc1n3-c1nc(-c2cccc3ccccc23)nc(-c2cccc3ccccc23)n1. The van der Waals surface area contributed by atoms with Gasteiger partial charge in [0.1, 0.15) is 0 Å². The van der Waals surface area contributed by atoms with Crippen LogP contribution in [0.4, 0.5) is 0 Å². The third kappa shape index (κ3) is 3.74. The molecule has 0 bridgehead atoms. The van der Waals surface area contributed by atoms with Crippen molar-refractivity contribution in [2.45, 2.75) is 0 Å². The van der Waals surface area contributed by atoms with Crippen molar-refractivity contribution in [3.05, 3.63) is 146 Å². The summed E-state index contributed by atoms with van der Waals surface area (Å²) < 4.78 is 2.20. The second kappa shape index (κ2) is 9.33. The maximum atomic E-state index is 5.22. The molecule has 0 atom stereocenters. The predicted octanol–water partition coefficient (Wildman–Crippen LogP) is 9.76. The molecule has 4 nitrogen and oxygen atoms in total. The van der Waals surface area contributed by atoms with Crippen LogP contribution in [0.5, 0.6) is 0 Å². The van der Waals surface area contributed by atoms with E-state index in [9.17, 15) is 0 Å². The van der Waals surface area contributed by atoms with E-state index in [0.717, 1.165) is 43.7 Å². The summed E-state index contributed by atoms with van der Waals surface area (Å²) >= 11 is 0. The molecule has 0 spiro atoms. The molecule has 0 unspecified atom stereocenters. The molecule has 200 valence electrons. The van der Waals surface area contributed by atoms with Crippen LogP contribution in [0.2, 0.25) is 0 Å². The molecule has 2 aromatic heterocycles. The second-order valence-electron chi connectivity index (χ2n) is 10.9. The van der Waals surface area contributed by atoms with Crippen molar-refractivity contribution in [2.24, 2.45) is 0 Å². The molecule has 0 radical (unpaired) electrons. The first-order chi connectivity index (χ1) is 21.3. The minimum Gasteiger partial charge on any atom is -0.278 e. The van der Waals surface area contributed by atoms with Gasteiger partial charge in [-0.05, 0) is 50.5 Å². The summed E-state index contributed by atoms with van der Waals surface area (Å²) in [7, 11) is 0. The second-order valence-corrected chi connectivity index (χ2v) is 10.9. The number of rotatable bonds is 3. The number of benzene rings is 7. The van der Waals surface area contributed by atoms with Gasteiger partial charge in [-0.1, -0.05) is 127 Å². The number of para-hydroxylation sites is 1. The highest BCUT2D eigenvalue weighted by Gasteiger charge is 2.19. The standard InChI is InChI=1S/C39H24N4/c1-2-14-28-24-36-34(23-27(28)13-1)31-19-7-8-22-35(31)43(36)39-41-37(32-20-9-15-25-11-3-5-17-29(25)32)40-38(42-39)33-21-10-16-26-12-4-6-18-30(26)33/h1-24H. The highest BCUT2D eigenvalue weighted by Crippen LogP contribution is 2.36. The molecule has 0 fully saturated rings. The number of aromatic nitrogens is 4. The van der Waals surface area contributed by atoms with Gasteiger partial charge in [0, 0.05) is 21.9 Å². The Hall–Kier alpha value is -5.87. The number of nitrogens with zero attached hydrogens (tertiary/aromatic N) is 4. The topological polar surface area (TPSA) is 43.6 Å². The summed E-state index contributed by atoms with van der Waals surface area (Å²) in [5, 5.41) is 9.25. The first-order valence-electron chi connectivity index (χ1n) is 14.5. The van der Waals surface area contributed by atoms with Crippen LogP contribution < -0.4 is 0 Å². The summed E-state index contributed by atoms with van der Waals surface area (Å²) in [5.74, 6) is 1.90. The molecule has 43 heavy (non-hydrogen) atoms. The van der Waals surface area contributed by atoms with Crippen molar-refractivity contribution >= 4 is 54.1 Å². The van der Waals surface area contributed by atoms with E-state index >= 15 is 0 Å². The van der Waals surface area contributed by atoms with Gasteiger partial charge in [-0.25, -0.2) is 4.98 Å². The summed E-state index contributed by atoms with van der Waals surface area (Å²) in [4.78, 5) is 15.6.